The van der Waals surface area contributed by atoms with Gasteiger partial charge in [-0.15, -0.1) is 0 Å². The molecule has 0 amide bonds. The van der Waals surface area contributed by atoms with Gasteiger partial charge < -0.3 is 14.6 Å². The van der Waals surface area contributed by atoms with E-state index in [0.717, 1.165) is 20.3 Å². The van der Waals surface area contributed by atoms with E-state index in [1.54, 1.807) is 0 Å². The van der Waals surface area contributed by atoms with Crippen LogP contribution < -0.4 is 9.47 Å². The number of carbonyl (C=O) groups is 1. The van der Waals surface area contributed by atoms with Crippen LogP contribution in [0.3, 0.4) is 0 Å². The van der Waals surface area contributed by atoms with Crippen LogP contribution in [0.25, 0.3) is 0 Å². The van der Waals surface area contributed by atoms with Gasteiger partial charge >= 0.3 is 12.1 Å². The predicted molar refractivity (Wildman–Crippen MR) is 51.5 cm³/mol. The number of rotatable bonds is 3. The molecule has 0 unspecified atom stereocenters. The standard InChI is InChI=1S/C10H9F3O4/c1-16-7-4-5(9(14)15)3-6(8(7)17-2)10(11,12)13/h3-4H,1-2H3,(H,14,15). The summed E-state index contributed by atoms with van der Waals surface area (Å²) in [5.74, 6) is -2.29. The Kier molecular flexibility index (Phi) is 3.50. The van der Waals surface area contributed by atoms with Crippen molar-refractivity contribution >= 4 is 5.97 Å². The smallest absolute Gasteiger partial charge is 0.420 e. The molecule has 1 rings (SSSR count). The predicted octanol–water partition coefficient (Wildman–Crippen LogP) is 2.42. The molecular formula is C10H9F3O4. The van der Waals surface area contributed by atoms with Crippen molar-refractivity contribution in [3.63, 3.8) is 0 Å². The fourth-order valence-electron chi connectivity index (χ4n) is 1.30. The van der Waals surface area contributed by atoms with Crippen LogP contribution in [0.2, 0.25) is 0 Å². The molecule has 0 fully saturated rings. The Labute approximate surface area is 94.6 Å². The van der Waals surface area contributed by atoms with Gasteiger partial charge in [-0.25, -0.2) is 4.79 Å². The van der Waals surface area contributed by atoms with Gasteiger partial charge in [-0.05, 0) is 12.1 Å². The average Bonchev–Trinajstić information content (AvgIpc) is 2.25. The Balaban J connectivity index is 3.54. The number of halogens is 3. The summed E-state index contributed by atoms with van der Waals surface area (Å²) in [6, 6.07) is 1.47. The second-order valence-corrected chi connectivity index (χ2v) is 3.06. The summed E-state index contributed by atoms with van der Waals surface area (Å²) in [5.41, 5.74) is -1.70. The third kappa shape index (κ3) is 2.61. The highest BCUT2D eigenvalue weighted by molar-refractivity contribution is 5.89. The van der Waals surface area contributed by atoms with Crippen LogP contribution >= 0.6 is 0 Å². The van der Waals surface area contributed by atoms with E-state index in [4.69, 9.17) is 5.11 Å². The quantitative estimate of drug-likeness (QED) is 0.895. The molecule has 1 N–H and O–H groups in total. The van der Waals surface area contributed by atoms with Gasteiger partial charge in [0.25, 0.3) is 0 Å². The van der Waals surface area contributed by atoms with Crippen LogP contribution in [0.5, 0.6) is 11.5 Å². The van der Waals surface area contributed by atoms with E-state index in [0.29, 0.717) is 6.07 Å². The number of carboxylic acid groups (broad SMARTS) is 1. The molecule has 1 aromatic rings. The fraction of sp³-hybridized carbons (Fsp3) is 0.300. The van der Waals surface area contributed by atoms with Crippen LogP contribution in [-0.4, -0.2) is 25.3 Å². The minimum Gasteiger partial charge on any atom is -0.493 e. The zero-order valence-electron chi connectivity index (χ0n) is 8.96. The van der Waals surface area contributed by atoms with Crippen molar-refractivity contribution in [1.29, 1.82) is 0 Å². The Morgan fingerprint density at radius 1 is 1.24 bits per heavy atom. The summed E-state index contributed by atoms with van der Waals surface area (Å²) in [5, 5.41) is 8.69. The lowest BCUT2D eigenvalue weighted by Gasteiger charge is -2.15. The highest BCUT2D eigenvalue weighted by atomic mass is 19.4. The van der Waals surface area contributed by atoms with Crippen molar-refractivity contribution < 1.29 is 32.5 Å². The number of benzene rings is 1. The highest BCUT2D eigenvalue weighted by Gasteiger charge is 2.37. The van der Waals surface area contributed by atoms with E-state index in [1.807, 2.05) is 0 Å². The first-order valence-corrected chi connectivity index (χ1v) is 4.37. The lowest BCUT2D eigenvalue weighted by molar-refractivity contribution is -0.138. The second-order valence-electron chi connectivity index (χ2n) is 3.06. The molecule has 94 valence electrons. The molecule has 0 aromatic heterocycles. The van der Waals surface area contributed by atoms with Crippen LogP contribution in [0.15, 0.2) is 12.1 Å². The zero-order chi connectivity index (χ0) is 13.2. The second kappa shape index (κ2) is 4.52. The molecule has 4 nitrogen and oxygen atoms in total. The summed E-state index contributed by atoms with van der Waals surface area (Å²) in [4.78, 5) is 10.7. The number of methoxy groups -OCH3 is 2. The molecule has 0 aliphatic rings. The molecule has 0 bridgehead atoms. The van der Waals surface area contributed by atoms with Crippen molar-refractivity contribution in [3.8, 4) is 11.5 Å². The zero-order valence-corrected chi connectivity index (χ0v) is 8.96. The topological polar surface area (TPSA) is 55.8 Å². The van der Waals surface area contributed by atoms with Crippen molar-refractivity contribution in [2.24, 2.45) is 0 Å². The molecular weight excluding hydrogens is 241 g/mol. The summed E-state index contributed by atoms with van der Waals surface area (Å²) in [6.07, 6.45) is -4.72. The summed E-state index contributed by atoms with van der Waals surface area (Å²) >= 11 is 0. The third-order valence-electron chi connectivity index (χ3n) is 2.03. The SMILES string of the molecule is COc1cc(C(=O)O)cc(C(F)(F)F)c1OC. The maximum absolute atomic E-state index is 12.7. The van der Waals surface area contributed by atoms with E-state index in [1.165, 1.54) is 0 Å². The molecule has 0 radical (unpaired) electrons. The molecule has 17 heavy (non-hydrogen) atoms. The number of aromatic carboxylic acids is 1. The van der Waals surface area contributed by atoms with Gasteiger partial charge in [0.2, 0.25) is 0 Å². The Morgan fingerprint density at radius 3 is 2.18 bits per heavy atom. The summed E-state index contributed by atoms with van der Waals surface area (Å²) in [7, 11) is 2.18. The lowest BCUT2D eigenvalue weighted by atomic mass is 10.1. The normalized spacial score (nSPS) is 11.1. The number of ether oxygens (including phenoxy) is 2. The first kappa shape index (κ1) is 13.1. The van der Waals surface area contributed by atoms with Crippen molar-refractivity contribution in [1.82, 2.24) is 0 Å². The molecule has 0 saturated carbocycles. The minimum absolute atomic E-state index is 0.278. The van der Waals surface area contributed by atoms with Crippen LogP contribution in [0, 0.1) is 0 Å². The maximum Gasteiger partial charge on any atom is 0.420 e. The molecule has 0 spiro atoms. The first-order chi connectivity index (χ1) is 7.81. The fourth-order valence-corrected chi connectivity index (χ4v) is 1.30. The van der Waals surface area contributed by atoms with Gasteiger partial charge in [0, 0.05) is 0 Å². The molecule has 7 heteroatoms. The summed E-state index contributed by atoms with van der Waals surface area (Å²) in [6.45, 7) is 0. The van der Waals surface area contributed by atoms with Crippen molar-refractivity contribution in [2.75, 3.05) is 14.2 Å². The van der Waals surface area contributed by atoms with Crippen LogP contribution in [0.4, 0.5) is 13.2 Å². The molecule has 1 aromatic carbocycles. The monoisotopic (exact) mass is 250 g/mol. The maximum atomic E-state index is 12.7. The number of carboxylic acids is 1. The number of alkyl halides is 3. The van der Waals surface area contributed by atoms with E-state index in [-0.39, 0.29) is 5.75 Å². The van der Waals surface area contributed by atoms with E-state index in [2.05, 4.69) is 9.47 Å². The lowest BCUT2D eigenvalue weighted by Crippen LogP contribution is -2.11. The van der Waals surface area contributed by atoms with Gasteiger partial charge in [-0.1, -0.05) is 0 Å². The van der Waals surface area contributed by atoms with Gasteiger partial charge in [-0.3, -0.25) is 0 Å². The third-order valence-corrected chi connectivity index (χ3v) is 2.03. The van der Waals surface area contributed by atoms with Gasteiger partial charge in [-0.2, -0.15) is 13.2 Å². The minimum atomic E-state index is -4.72. The van der Waals surface area contributed by atoms with Crippen LogP contribution in [-0.2, 0) is 6.18 Å². The number of hydrogen-bond acceptors (Lipinski definition) is 3. The summed E-state index contributed by atoms with van der Waals surface area (Å²) < 4.78 is 47.3. The Morgan fingerprint density at radius 2 is 1.82 bits per heavy atom. The largest absolute Gasteiger partial charge is 0.493 e. The molecule has 0 aliphatic heterocycles. The van der Waals surface area contributed by atoms with Gasteiger partial charge in [0.1, 0.15) is 5.56 Å². The molecule has 0 saturated heterocycles. The van der Waals surface area contributed by atoms with E-state index < -0.39 is 29.0 Å². The number of hydrogen-bond donors (Lipinski definition) is 1. The molecule has 0 heterocycles. The first-order valence-electron chi connectivity index (χ1n) is 4.37. The van der Waals surface area contributed by atoms with Gasteiger partial charge in [0.15, 0.2) is 11.5 Å². The van der Waals surface area contributed by atoms with Crippen LogP contribution in [0.1, 0.15) is 15.9 Å². The molecule has 0 aliphatic carbocycles. The molecule has 0 atom stereocenters. The van der Waals surface area contributed by atoms with Crippen molar-refractivity contribution in [2.45, 2.75) is 6.18 Å². The van der Waals surface area contributed by atoms with E-state index in [9.17, 15) is 18.0 Å². The Hall–Kier alpha value is -1.92. The van der Waals surface area contributed by atoms with Gasteiger partial charge in [0.05, 0.1) is 19.8 Å². The van der Waals surface area contributed by atoms with Crippen molar-refractivity contribution in [3.05, 3.63) is 23.3 Å². The Bertz CT molecular complexity index is 440. The highest BCUT2D eigenvalue weighted by Crippen LogP contribution is 2.42. The average molecular weight is 250 g/mol. The van der Waals surface area contributed by atoms with E-state index >= 15 is 0 Å².